The Morgan fingerprint density at radius 2 is 1.94 bits per heavy atom. The molecule has 0 spiro atoms. The molecule has 0 aliphatic carbocycles. The number of hydrogen-bond acceptors (Lipinski definition) is 4. The molecule has 1 atom stereocenters. The number of amides is 1. The molecule has 0 fully saturated rings. The van der Waals surface area contributed by atoms with E-state index in [1.165, 1.54) is 12.1 Å². The molecule has 1 unspecified atom stereocenters. The molecule has 6 nitrogen and oxygen atoms in total. The van der Waals surface area contributed by atoms with Gasteiger partial charge >= 0.3 is 0 Å². The van der Waals surface area contributed by atoms with Crippen molar-refractivity contribution in [2.75, 3.05) is 14.2 Å². The van der Waals surface area contributed by atoms with E-state index in [-0.39, 0.29) is 17.6 Å². The van der Waals surface area contributed by atoms with E-state index < -0.39 is 0 Å². The van der Waals surface area contributed by atoms with E-state index in [0.29, 0.717) is 24.4 Å². The summed E-state index contributed by atoms with van der Waals surface area (Å²) in [6, 6.07) is 13.7. The number of H-pyrrole nitrogens is 1. The van der Waals surface area contributed by atoms with Crippen molar-refractivity contribution in [2.24, 2.45) is 4.99 Å². The minimum absolute atomic E-state index is 0.0513. The lowest BCUT2D eigenvalue weighted by molar-refractivity contribution is 0.0778. The van der Waals surface area contributed by atoms with Gasteiger partial charge in [-0.3, -0.25) is 14.9 Å². The minimum atomic E-state index is -0.318. The van der Waals surface area contributed by atoms with Gasteiger partial charge in [-0.25, -0.2) is 4.39 Å². The van der Waals surface area contributed by atoms with Crippen molar-refractivity contribution in [1.29, 1.82) is 0 Å². The molecule has 31 heavy (non-hydrogen) atoms. The van der Waals surface area contributed by atoms with Crippen molar-refractivity contribution in [2.45, 2.75) is 18.9 Å². The van der Waals surface area contributed by atoms with Gasteiger partial charge in [-0.05, 0) is 48.4 Å². The van der Waals surface area contributed by atoms with Gasteiger partial charge in [-0.15, -0.1) is 0 Å². The number of carbonyl (C=O) groups is 1. The first-order valence-corrected chi connectivity index (χ1v) is 9.97. The van der Waals surface area contributed by atoms with Crippen LogP contribution >= 0.6 is 0 Å². The first-order chi connectivity index (χ1) is 15.1. The van der Waals surface area contributed by atoms with Crippen LogP contribution in [0.3, 0.4) is 0 Å². The Morgan fingerprint density at radius 3 is 2.58 bits per heavy atom. The molecule has 7 heteroatoms. The fourth-order valence-corrected chi connectivity index (χ4v) is 3.65. The molecule has 1 aliphatic rings. The maximum absolute atomic E-state index is 13.4. The molecule has 2 aromatic carbocycles. The number of halogens is 1. The molecule has 4 rings (SSSR count). The van der Waals surface area contributed by atoms with Crippen LogP contribution in [-0.4, -0.2) is 41.4 Å². The molecular weight excluding hydrogens is 395 g/mol. The number of nitrogens with one attached hydrogen (secondary N) is 1. The van der Waals surface area contributed by atoms with Crippen molar-refractivity contribution >= 4 is 12.1 Å². The molecule has 0 saturated carbocycles. The molecule has 1 aromatic heterocycles. The highest BCUT2D eigenvalue weighted by Gasteiger charge is 2.27. The molecule has 3 aromatic rings. The van der Waals surface area contributed by atoms with Gasteiger partial charge in [0.2, 0.25) is 0 Å². The summed E-state index contributed by atoms with van der Waals surface area (Å²) < 4.78 is 18.6. The van der Waals surface area contributed by atoms with E-state index in [0.717, 1.165) is 22.4 Å². The molecule has 0 bridgehead atoms. The van der Waals surface area contributed by atoms with Gasteiger partial charge in [-0.1, -0.05) is 18.2 Å². The maximum Gasteiger partial charge on any atom is 0.272 e. The van der Waals surface area contributed by atoms with Crippen molar-refractivity contribution in [3.63, 3.8) is 0 Å². The number of allylic oxidation sites excluding steroid dienone is 1. The molecule has 1 N–H and O–H groups in total. The van der Waals surface area contributed by atoms with Gasteiger partial charge in [0.15, 0.2) is 0 Å². The largest absolute Gasteiger partial charge is 0.497 e. The van der Waals surface area contributed by atoms with Gasteiger partial charge in [0.1, 0.15) is 17.3 Å². The van der Waals surface area contributed by atoms with Gasteiger partial charge in [-0.2, -0.15) is 5.10 Å². The van der Waals surface area contributed by atoms with Crippen LogP contribution in [0.25, 0.3) is 11.3 Å². The lowest BCUT2D eigenvalue weighted by Crippen LogP contribution is -2.27. The average molecular weight is 418 g/mol. The van der Waals surface area contributed by atoms with Gasteiger partial charge in [0, 0.05) is 43.1 Å². The zero-order valence-electron chi connectivity index (χ0n) is 17.4. The summed E-state index contributed by atoms with van der Waals surface area (Å²) >= 11 is 0. The highest BCUT2D eigenvalue weighted by Crippen LogP contribution is 2.34. The third-order valence-electron chi connectivity index (χ3n) is 5.30. The number of aromatic nitrogens is 2. The first kappa shape index (κ1) is 20.5. The third kappa shape index (κ3) is 4.40. The van der Waals surface area contributed by atoms with E-state index in [9.17, 15) is 9.18 Å². The SMILES string of the molecule is COc1ccc(CN(C)C(=O)c2[nH]nc(-c3ccc(F)cc3)c2C2C=CN=CC2)cc1. The monoisotopic (exact) mass is 418 g/mol. The van der Waals surface area contributed by atoms with Crippen LogP contribution in [0.15, 0.2) is 65.8 Å². The van der Waals surface area contributed by atoms with E-state index in [4.69, 9.17) is 4.74 Å². The molecule has 1 amide bonds. The Kier molecular flexibility index (Phi) is 5.93. The Balaban J connectivity index is 1.66. The van der Waals surface area contributed by atoms with Gasteiger partial charge in [0.25, 0.3) is 5.91 Å². The lowest BCUT2D eigenvalue weighted by Gasteiger charge is -2.20. The fraction of sp³-hybridized carbons (Fsp3) is 0.208. The third-order valence-corrected chi connectivity index (χ3v) is 5.30. The van der Waals surface area contributed by atoms with Crippen LogP contribution in [-0.2, 0) is 6.54 Å². The second-order valence-corrected chi connectivity index (χ2v) is 7.39. The predicted octanol–water partition coefficient (Wildman–Crippen LogP) is 4.57. The van der Waals surface area contributed by atoms with Crippen molar-refractivity contribution in [3.8, 4) is 17.0 Å². The number of rotatable bonds is 6. The Bertz CT molecular complexity index is 1120. The number of ether oxygens (including phenoxy) is 1. The van der Waals surface area contributed by atoms with Crippen LogP contribution < -0.4 is 4.74 Å². The molecule has 158 valence electrons. The number of aliphatic imine (C=N–C) groups is 1. The molecule has 2 heterocycles. The topological polar surface area (TPSA) is 70.6 Å². The number of hydrogen-bond donors (Lipinski definition) is 1. The minimum Gasteiger partial charge on any atom is -0.497 e. The summed E-state index contributed by atoms with van der Waals surface area (Å²) in [6.07, 6.45) is 6.16. The molecule has 0 saturated heterocycles. The van der Waals surface area contributed by atoms with Crippen LogP contribution in [0.4, 0.5) is 4.39 Å². The van der Waals surface area contributed by atoms with E-state index in [1.54, 1.807) is 37.4 Å². The number of benzene rings is 2. The predicted molar refractivity (Wildman–Crippen MR) is 118 cm³/mol. The summed E-state index contributed by atoms with van der Waals surface area (Å²) in [5.41, 5.74) is 3.61. The highest BCUT2D eigenvalue weighted by atomic mass is 19.1. The van der Waals surface area contributed by atoms with E-state index in [2.05, 4.69) is 15.2 Å². The fourth-order valence-electron chi connectivity index (χ4n) is 3.65. The quantitative estimate of drug-likeness (QED) is 0.638. The summed E-state index contributed by atoms with van der Waals surface area (Å²) in [6.45, 7) is 0.440. The summed E-state index contributed by atoms with van der Waals surface area (Å²) in [5, 5.41) is 7.37. The van der Waals surface area contributed by atoms with Gasteiger partial charge < -0.3 is 9.64 Å². The van der Waals surface area contributed by atoms with Crippen LogP contribution in [0.1, 0.15) is 34.0 Å². The molecule has 1 aliphatic heterocycles. The van der Waals surface area contributed by atoms with Crippen LogP contribution in [0.2, 0.25) is 0 Å². The summed E-state index contributed by atoms with van der Waals surface area (Å²) in [7, 11) is 3.38. The molecular formula is C24H23FN4O2. The summed E-state index contributed by atoms with van der Waals surface area (Å²) in [5.74, 6) is 0.233. The zero-order valence-corrected chi connectivity index (χ0v) is 17.4. The van der Waals surface area contributed by atoms with Gasteiger partial charge in [0.05, 0.1) is 12.8 Å². The van der Waals surface area contributed by atoms with E-state index in [1.807, 2.05) is 36.6 Å². The normalized spacial score (nSPS) is 15.1. The second kappa shape index (κ2) is 8.95. The smallest absolute Gasteiger partial charge is 0.272 e. The van der Waals surface area contributed by atoms with Crippen molar-refractivity contribution < 1.29 is 13.9 Å². The first-order valence-electron chi connectivity index (χ1n) is 9.97. The Labute approximate surface area is 180 Å². The van der Waals surface area contributed by atoms with Crippen molar-refractivity contribution in [1.82, 2.24) is 15.1 Å². The highest BCUT2D eigenvalue weighted by molar-refractivity contribution is 5.96. The van der Waals surface area contributed by atoms with Crippen molar-refractivity contribution in [3.05, 3.63) is 83.4 Å². The van der Waals surface area contributed by atoms with Crippen LogP contribution in [0.5, 0.6) is 5.75 Å². The average Bonchev–Trinajstić information content (AvgIpc) is 3.25. The molecule has 0 radical (unpaired) electrons. The summed E-state index contributed by atoms with van der Waals surface area (Å²) in [4.78, 5) is 19.1. The number of methoxy groups -OCH3 is 1. The zero-order chi connectivity index (χ0) is 21.8. The number of aromatic amines is 1. The lowest BCUT2D eigenvalue weighted by atomic mass is 9.90. The van der Waals surface area contributed by atoms with Crippen LogP contribution in [0, 0.1) is 5.82 Å². The second-order valence-electron chi connectivity index (χ2n) is 7.39. The Hall–Kier alpha value is -3.74. The maximum atomic E-state index is 13.4. The standard InChI is InChI=1S/C24H23FN4O2/c1-29(15-16-3-9-20(31-2)10-4-16)24(30)23-21(17-11-13-26-14-12-17)22(27-28-23)18-5-7-19(25)8-6-18/h3-11,13-14,17H,12,15H2,1-2H3,(H,27,28). The van der Waals surface area contributed by atoms with E-state index >= 15 is 0 Å². The number of nitrogens with zero attached hydrogens (tertiary/aromatic N) is 3. The number of carbonyl (C=O) groups excluding carboxylic acids is 1. The Morgan fingerprint density at radius 1 is 1.19 bits per heavy atom.